The van der Waals surface area contributed by atoms with Crippen LogP contribution >= 0.6 is 11.3 Å². The number of rotatable bonds is 1. The van der Waals surface area contributed by atoms with Crippen LogP contribution in [0.4, 0.5) is 0 Å². The second kappa shape index (κ2) is 2.88. The number of nitrogens with two attached hydrogens (primary N) is 1. The summed E-state index contributed by atoms with van der Waals surface area (Å²) in [5, 5.41) is 3.46. The zero-order valence-corrected chi connectivity index (χ0v) is 7.82. The molecule has 12 heavy (non-hydrogen) atoms. The summed E-state index contributed by atoms with van der Waals surface area (Å²) in [7, 11) is 0. The Kier molecular flexibility index (Phi) is 1.87. The molecule has 1 aromatic carbocycles. The average molecular weight is 177 g/mol. The van der Waals surface area contributed by atoms with E-state index in [4.69, 9.17) is 5.73 Å². The maximum absolute atomic E-state index is 5.62. The molecule has 2 N–H and O–H groups in total. The van der Waals surface area contributed by atoms with Crippen LogP contribution in [-0.4, -0.2) is 0 Å². The molecule has 1 nitrogen and oxygen atoms in total. The standard InChI is InChI=1S/C10H11NS/c1-7-2-3-10-9(4-7)8(5-11)6-12-10/h2-4,6H,5,11H2,1H3. The first kappa shape index (κ1) is 7.77. The van der Waals surface area contributed by atoms with Crippen LogP contribution in [0.15, 0.2) is 23.6 Å². The Morgan fingerprint density at radius 2 is 2.25 bits per heavy atom. The van der Waals surface area contributed by atoms with E-state index in [0.717, 1.165) is 0 Å². The largest absolute Gasteiger partial charge is 0.326 e. The Hall–Kier alpha value is -0.860. The average Bonchev–Trinajstić information content (AvgIpc) is 2.46. The molecule has 1 aromatic heterocycles. The van der Waals surface area contributed by atoms with Crippen molar-refractivity contribution < 1.29 is 0 Å². The SMILES string of the molecule is Cc1ccc2scc(CN)c2c1. The lowest BCUT2D eigenvalue weighted by Crippen LogP contribution is -1.93. The van der Waals surface area contributed by atoms with Crippen LogP contribution in [-0.2, 0) is 6.54 Å². The van der Waals surface area contributed by atoms with Crippen LogP contribution in [0.2, 0.25) is 0 Å². The topological polar surface area (TPSA) is 26.0 Å². The van der Waals surface area contributed by atoms with Crippen molar-refractivity contribution in [3.63, 3.8) is 0 Å². The highest BCUT2D eigenvalue weighted by molar-refractivity contribution is 7.17. The third kappa shape index (κ3) is 1.13. The van der Waals surface area contributed by atoms with Crippen LogP contribution in [0.3, 0.4) is 0 Å². The fraction of sp³-hybridized carbons (Fsp3) is 0.200. The van der Waals surface area contributed by atoms with Crippen LogP contribution in [0.1, 0.15) is 11.1 Å². The molecule has 62 valence electrons. The second-order valence-electron chi connectivity index (χ2n) is 2.96. The lowest BCUT2D eigenvalue weighted by molar-refractivity contribution is 1.09. The minimum atomic E-state index is 0.642. The molecule has 0 unspecified atom stereocenters. The van der Waals surface area contributed by atoms with E-state index in [1.54, 1.807) is 11.3 Å². The normalized spacial score (nSPS) is 10.8. The van der Waals surface area contributed by atoms with E-state index in [1.165, 1.54) is 21.2 Å². The zero-order chi connectivity index (χ0) is 8.55. The van der Waals surface area contributed by atoms with Gasteiger partial charge < -0.3 is 5.73 Å². The molecule has 2 aromatic rings. The lowest BCUT2D eigenvalue weighted by Gasteiger charge is -1.95. The van der Waals surface area contributed by atoms with Gasteiger partial charge in [0.15, 0.2) is 0 Å². The fourth-order valence-electron chi connectivity index (χ4n) is 1.35. The summed E-state index contributed by atoms with van der Waals surface area (Å²) < 4.78 is 1.33. The van der Waals surface area contributed by atoms with E-state index in [0.29, 0.717) is 6.54 Å². The van der Waals surface area contributed by atoms with Gasteiger partial charge in [-0.15, -0.1) is 11.3 Å². The molecule has 0 aliphatic rings. The monoisotopic (exact) mass is 177 g/mol. The lowest BCUT2D eigenvalue weighted by atomic mass is 10.1. The number of fused-ring (bicyclic) bond motifs is 1. The van der Waals surface area contributed by atoms with Gasteiger partial charge in [0.1, 0.15) is 0 Å². The molecule has 0 aliphatic heterocycles. The smallest absolute Gasteiger partial charge is 0.0346 e. The van der Waals surface area contributed by atoms with E-state index in [9.17, 15) is 0 Å². The van der Waals surface area contributed by atoms with E-state index >= 15 is 0 Å². The van der Waals surface area contributed by atoms with Gasteiger partial charge in [0.05, 0.1) is 0 Å². The van der Waals surface area contributed by atoms with Gasteiger partial charge in [0, 0.05) is 11.2 Å². The van der Waals surface area contributed by atoms with E-state index < -0.39 is 0 Å². The first-order valence-electron chi connectivity index (χ1n) is 3.98. The maximum Gasteiger partial charge on any atom is 0.0346 e. The van der Waals surface area contributed by atoms with Gasteiger partial charge in [-0.1, -0.05) is 17.7 Å². The molecule has 0 saturated carbocycles. The number of aryl methyl sites for hydroxylation is 1. The van der Waals surface area contributed by atoms with Crippen molar-refractivity contribution in [2.75, 3.05) is 0 Å². The van der Waals surface area contributed by atoms with Crippen molar-refractivity contribution in [2.24, 2.45) is 5.73 Å². The molecule has 0 fully saturated rings. The van der Waals surface area contributed by atoms with E-state index in [-0.39, 0.29) is 0 Å². The van der Waals surface area contributed by atoms with Gasteiger partial charge in [-0.3, -0.25) is 0 Å². The van der Waals surface area contributed by atoms with Gasteiger partial charge in [0.25, 0.3) is 0 Å². The predicted octanol–water partition coefficient (Wildman–Crippen LogP) is 2.67. The molecule has 0 radical (unpaired) electrons. The van der Waals surface area contributed by atoms with E-state index in [1.807, 2.05) is 0 Å². The molecule has 0 aliphatic carbocycles. The predicted molar refractivity (Wildman–Crippen MR) is 54.5 cm³/mol. The molecule has 0 bridgehead atoms. The minimum Gasteiger partial charge on any atom is -0.326 e. The molecule has 0 amide bonds. The number of hydrogen-bond donors (Lipinski definition) is 1. The van der Waals surface area contributed by atoms with Gasteiger partial charge in [0.2, 0.25) is 0 Å². The second-order valence-corrected chi connectivity index (χ2v) is 3.88. The highest BCUT2D eigenvalue weighted by Crippen LogP contribution is 2.26. The number of benzene rings is 1. The summed E-state index contributed by atoms with van der Waals surface area (Å²) in [6.45, 7) is 2.75. The maximum atomic E-state index is 5.62. The number of thiophene rings is 1. The first-order valence-corrected chi connectivity index (χ1v) is 4.86. The molecule has 1 heterocycles. The summed E-state index contributed by atoms with van der Waals surface area (Å²) in [5.74, 6) is 0. The van der Waals surface area contributed by atoms with Gasteiger partial charge in [-0.05, 0) is 29.3 Å². The molecule has 0 atom stereocenters. The quantitative estimate of drug-likeness (QED) is 0.712. The Morgan fingerprint density at radius 3 is 3.00 bits per heavy atom. The number of hydrogen-bond acceptors (Lipinski definition) is 2. The molecule has 0 spiro atoms. The van der Waals surface area contributed by atoms with Crippen molar-refractivity contribution in [1.82, 2.24) is 0 Å². The Labute approximate surface area is 75.8 Å². The Morgan fingerprint density at radius 1 is 1.42 bits per heavy atom. The highest BCUT2D eigenvalue weighted by atomic mass is 32.1. The van der Waals surface area contributed by atoms with Crippen LogP contribution in [0.25, 0.3) is 10.1 Å². The van der Waals surface area contributed by atoms with Gasteiger partial charge in [-0.2, -0.15) is 0 Å². The van der Waals surface area contributed by atoms with Crippen LogP contribution in [0, 0.1) is 6.92 Å². The first-order chi connectivity index (χ1) is 5.81. The zero-order valence-electron chi connectivity index (χ0n) is 7.00. The highest BCUT2D eigenvalue weighted by Gasteiger charge is 2.01. The molecule has 2 heteroatoms. The van der Waals surface area contributed by atoms with Crippen molar-refractivity contribution in [3.8, 4) is 0 Å². The summed E-state index contributed by atoms with van der Waals surface area (Å²) in [5.41, 5.74) is 8.18. The van der Waals surface area contributed by atoms with Gasteiger partial charge >= 0.3 is 0 Å². The fourth-order valence-corrected chi connectivity index (χ4v) is 2.31. The molecular weight excluding hydrogens is 166 g/mol. The van der Waals surface area contributed by atoms with Crippen molar-refractivity contribution in [3.05, 3.63) is 34.7 Å². The van der Waals surface area contributed by atoms with E-state index in [2.05, 4.69) is 30.5 Å². The van der Waals surface area contributed by atoms with Crippen molar-refractivity contribution >= 4 is 21.4 Å². The molecular formula is C10H11NS. The third-order valence-corrected chi connectivity index (χ3v) is 3.04. The van der Waals surface area contributed by atoms with Crippen LogP contribution in [0.5, 0.6) is 0 Å². The van der Waals surface area contributed by atoms with Crippen LogP contribution < -0.4 is 5.73 Å². The van der Waals surface area contributed by atoms with Crippen molar-refractivity contribution in [1.29, 1.82) is 0 Å². The third-order valence-electron chi connectivity index (χ3n) is 2.03. The van der Waals surface area contributed by atoms with Crippen molar-refractivity contribution in [2.45, 2.75) is 13.5 Å². The van der Waals surface area contributed by atoms with Gasteiger partial charge in [-0.25, -0.2) is 0 Å². The summed E-state index contributed by atoms with van der Waals surface area (Å²) in [4.78, 5) is 0. The summed E-state index contributed by atoms with van der Waals surface area (Å²) >= 11 is 1.77. The summed E-state index contributed by atoms with van der Waals surface area (Å²) in [6.07, 6.45) is 0. The Balaban J connectivity index is 2.75. The molecule has 0 saturated heterocycles. The Bertz CT molecular complexity index is 403. The summed E-state index contributed by atoms with van der Waals surface area (Å²) in [6, 6.07) is 6.50. The minimum absolute atomic E-state index is 0.642. The molecule has 2 rings (SSSR count).